The Morgan fingerprint density at radius 2 is 2.17 bits per heavy atom. The lowest BCUT2D eigenvalue weighted by molar-refractivity contribution is -0.144. The highest BCUT2D eigenvalue weighted by Crippen LogP contribution is 2.00. The van der Waals surface area contributed by atoms with E-state index in [2.05, 4.69) is 10.3 Å². The van der Waals surface area contributed by atoms with Crippen molar-refractivity contribution in [2.24, 2.45) is 0 Å². The molecule has 18 heavy (non-hydrogen) atoms. The van der Waals surface area contributed by atoms with E-state index in [1.54, 1.807) is 18.3 Å². The highest BCUT2D eigenvalue weighted by molar-refractivity contribution is 5.84. The van der Waals surface area contributed by atoms with Gasteiger partial charge in [-0.25, -0.2) is 4.79 Å². The number of pyridine rings is 1. The Hall–Kier alpha value is -1.95. The number of carbonyl (C=O) groups is 2. The quantitative estimate of drug-likeness (QED) is 0.660. The van der Waals surface area contributed by atoms with Crippen LogP contribution in [0.15, 0.2) is 24.4 Å². The zero-order valence-corrected chi connectivity index (χ0v) is 10.0. The number of rotatable bonds is 6. The van der Waals surface area contributed by atoms with E-state index in [1.165, 1.54) is 6.92 Å². The number of aliphatic hydroxyl groups excluding tert-OH is 1. The highest BCUT2D eigenvalue weighted by Gasteiger charge is 2.24. The van der Waals surface area contributed by atoms with Gasteiger partial charge in [0.2, 0.25) is 5.91 Å². The van der Waals surface area contributed by atoms with Gasteiger partial charge in [0, 0.05) is 18.3 Å². The van der Waals surface area contributed by atoms with Crippen molar-refractivity contribution in [3.63, 3.8) is 0 Å². The first kappa shape index (κ1) is 14.1. The Balaban J connectivity index is 2.44. The van der Waals surface area contributed by atoms with Gasteiger partial charge in [0.1, 0.15) is 0 Å². The number of aryl methyl sites for hydroxylation is 1. The molecule has 0 aliphatic rings. The molecular weight excluding hydrogens is 236 g/mol. The van der Waals surface area contributed by atoms with Crippen molar-refractivity contribution in [3.8, 4) is 0 Å². The molecule has 1 aromatic rings. The van der Waals surface area contributed by atoms with Crippen molar-refractivity contribution >= 4 is 11.9 Å². The minimum Gasteiger partial charge on any atom is -0.480 e. The molecule has 3 N–H and O–H groups in total. The largest absolute Gasteiger partial charge is 0.480 e. The molecule has 2 atom stereocenters. The molecule has 0 saturated heterocycles. The third-order valence-electron chi connectivity index (χ3n) is 2.40. The van der Waals surface area contributed by atoms with Crippen LogP contribution in [0.2, 0.25) is 0 Å². The average Bonchev–Trinajstić information content (AvgIpc) is 2.34. The zero-order chi connectivity index (χ0) is 13.5. The first-order valence-corrected chi connectivity index (χ1v) is 5.61. The van der Waals surface area contributed by atoms with E-state index in [0.717, 1.165) is 5.69 Å². The van der Waals surface area contributed by atoms with Gasteiger partial charge in [-0.15, -0.1) is 0 Å². The standard InChI is InChI=1S/C12H16N2O4/c1-8(15)11(12(17)18)14-10(16)6-5-9-4-2-3-7-13-9/h2-4,7-8,11,15H,5-6H2,1H3,(H,14,16)(H,17,18)/t8-,11+/m1/s1. The SMILES string of the molecule is C[C@@H](O)[C@H](NC(=O)CCc1ccccn1)C(=O)O. The number of hydrogen-bond acceptors (Lipinski definition) is 4. The summed E-state index contributed by atoms with van der Waals surface area (Å²) in [5.41, 5.74) is 0.761. The van der Waals surface area contributed by atoms with Gasteiger partial charge >= 0.3 is 5.97 Å². The molecule has 1 heterocycles. The van der Waals surface area contributed by atoms with Crippen LogP contribution in [-0.2, 0) is 16.0 Å². The topological polar surface area (TPSA) is 99.5 Å². The van der Waals surface area contributed by atoms with Gasteiger partial charge in [0.25, 0.3) is 0 Å². The van der Waals surface area contributed by atoms with E-state index < -0.39 is 24.0 Å². The Morgan fingerprint density at radius 3 is 2.67 bits per heavy atom. The van der Waals surface area contributed by atoms with Crippen molar-refractivity contribution in [2.75, 3.05) is 0 Å². The lowest BCUT2D eigenvalue weighted by Gasteiger charge is -2.16. The van der Waals surface area contributed by atoms with Gasteiger partial charge in [-0.05, 0) is 25.5 Å². The van der Waals surface area contributed by atoms with Gasteiger partial charge in [-0.2, -0.15) is 0 Å². The smallest absolute Gasteiger partial charge is 0.328 e. The second-order valence-electron chi connectivity index (χ2n) is 3.95. The molecular formula is C12H16N2O4. The van der Waals surface area contributed by atoms with Crippen LogP contribution >= 0.6 is 0 Å². The number of carboxylic acid groups (broad SMARTS) is 1. The molecule has 6 nitrogen and oxygen atoms in total. The maximum absolute atomic E-state index is 11.5. The molecule has 0 aromatic carbocycles. The lowest BCUT2D eigenvalue weighted by atomic mass is 10.1. The molecule has 98 valence electrons. The Morgan fingerprint density at radius 1 is 1.44 bits per heavy atom. The fraction of sp³-hybridized carbons (Fsp3) is 0.417. The summed E-state index contributed by atoms with van der Waals surface area (Å²) in [5.74, 6) is -1.68. The average molecular weight is 252 g/mol. The molecule has 0 aliphatic carbocycles. The third kappa shape index (κ3) is 4.50. The summed E-state index contributed by atoms with van der Waals surface area (Å²) in [5, 5.41) is 20.3. The van der Waals surface area contributed by atoms with Gasteiger partial charge in [0.05, 0.1) is 6.10 Å². The Labute approximate surface area is 105 Å². The Kier molecular flexibility index (Phi) is 5.26. The van der Waals surface area contributed by atoms with E-state index in [-0.39, 0.29) is 6.42 Å². The first-order valence-electron chi connectivity index (χ1n) is 5.61. The number of nitrogens with zero attached hydrogens (tertiary/aromatic N) is 1. The molecule has 0 fully saturated rings. The van der Waals surface area contributed by atoms with Crippen molar-refractivity contribution in [1.29, 1.82) is 0 Å². The third-order valence-corrected chi connectivity index (χ3v) is 2.40. The summed E-state index contributed by atoms with van der Waals surface area (Å²) >= 11 is 0. The predicted molar refractivity (Wildman–Crippen MR) is 63.8 cm³/mol. The number of carboxylic acids is 1. The molecule has 6 heteroatoms. The minimum absolute atomic E-state index is 0.132. The molecule has 1 aromatic heterocycles. The van der Waals surface area contributed by atoms with Crippen LogP contribution in [0.25, 0.3) is 0 Å². The predicted octanol–water partition coefficient (Wildman–Crippen LogP) is -0.0356. The molecule has 0 spiro atoms. The van der Waals surface area contributed by atoms with Crippen molar-refractivity contribution in [2.45, 2.75) is 31.9 Å². The van der Waals surface area contributed by atoms with Gasteiger partial charge in [-0.3, -0.25) is 9.78 Å². The van der Waals surface area contributed by atoms with E-state index in [4.69, 9.17) is 5.11 Å². The second kappa shape index (κ2) is 6.70. The summed E-state index contributed by atoms with van der Waals surface area (Å²) in [6, 6.07) is 4.10. The van der Waals surface area contributed by atoms with Crippen LogP contribution < -0.4 is 5.32 Å². The number of aliphatic carboxylic acids is 1. The van der Waals surface area contributed by atoms with Crippen LogP contribution in [0.5, 0.6) is 0 Å². The molecule has 0 saturated carbocycles. The second-order valence-corrected chi connectivity index (χ2v) is 3.95. The maximum Gasteiger partial charge on any atom is 0.328 e. The zero-order valence-electron chi connectivity index (χ0n) is 10.0. The van der Waals surface area contributed by atoms with Crippen LogP contribution in [0.1, 0.15) is 19.0 Å². The molecule has 0 aliphatic heterocycles. The molecule has 1 amide bonds. The number of carbonyl (C=O) groups excluding carboxylic acids is 1. The summed E-state index contributed by atoms with van der Waals surface area (Å²) in [4.78, 5) is 26.3. The number of aliphatic hydroxyl groups is 1. The van der Waals surface area contributed by atoms with Crippen LogP contribution in [0.3, 0.4) is 0 Å². The number of amides is 1. The molecule has 0 radical (unpaired) electrons. The molecule has 1 rings (SSSR count). The van der Waals surface area contributed by atoms with Crippen LogP contribution in [0.4, 0.5) is 0 Å². The van der Waals surface area contributed by atoms with Crippen molar-refractivity contribution in [1.82, 2.24) is 10.3 Å². The van der Waals surface area contributed by atoms with E-state index in [1.807, 2.05) is 6.07 Å². The van der Waals surface area contributed by atoms with Crippen LogP contribution in [0, 0.1) is 0 Å². The van der Waals surface area contributed by atoms with Gasteiger partial charge < -0.3 is 15.5 Å². The van der Waals surface area contributed by atoms with E-state index in [9.17, 15) is 14.7 Å². The van der Waals surface area contributed by atoms with Gasteiger partial charge in [0.15, 0.2) is 6.04 Å². The monoisotopic (exact) mass is 252 g/mol. The number of hydrogen-bond donors (Lipinski definition) is 3. The van der Waals surface area contributed by atoms with E-state index in [0.29, 0.717) is 6.42 Å². The fourth-order valence-electron chi connectivity index (χ4n) is 1.42. The minimum atomic E-state index is -1.28. The fourth-order valence-corrected chi connectivity index (χ4v) is 1.42. The summed E-state index contributed by atoms with van der Waals surface area (Å²) in [6.45, 7) is 1.32. The normalized spacial score (nSPS) is 13.7. The Bertz CT molecular complexity index is 406. The highest BCUT2D eigenvalue weighted by atomic mass is 16.4. The van der Waals surface area contributed by atoms with E-state index >= 15 is 0 Å². The summed E-state index contributed by atoms with van der Waals surface area (Å²) in [7, 11) is 0. The number of aromatic nitrogens is 1. The lowest BCUT2D eigenvalue weighted by Crippen LogP contribution is -2.47. The first-order chi connectivity index (χ1) is 8.50. The maximum atomic E-state index is 11.5. The molecule has 0 unspecified atom stereocenters. The number of nitrogens with one attached hydrogen (secondary N) is 1. The van der Waals surface area contributed by atoms with Gasteiger partial charge in [-0.1, -0.05) is 6.07 Å². The molecule has 0 bridgehead atoms. The van der Waals surface area contributed by atoms with Crippen LogP contribution in [-0.4, -0.2) is 39.2 Å². The summed E-state index contributed by atoms with van der Waals surface area (Å²) in [6.07, 6.45) is 1.05. The van der Waals surface area contributed by atoms with Crippen molar-refractivity contribution < 1.29 is 19.8 Å². The summed E-state index contributed by atoms with van der Waals surface area (Å²) < 4.78 is 0. The van der Waals surface area contributed by atoms with Crippen molar-refractivity contribution in [3.05, 3.63) is 30.1 Å².